The fourth-order valence-corrected chi connectivity index (χ4v) is 0.797. The van der Waals surface area contributed by atoms with E-state index in [9.17, 15) is 4.79 Å². The van der Waals surface area contributed by atoms with Gasteiger partial charge in [-0.2, -0.15) is 0 Å². The van der Waals surface area contributed by atoms with E-state index in [1.807, 2.05) is 0 Å². The van der Waals surface area contributed by atoms with Crippen molar-refractivity contribution < 1.29 is 9.53 Å². The quantitative estimate of drug-likeness (QED) is 0.553. The molecule has 0 fully saturated rings. The van der Waals surface area contributed by atoms with Crippen molar-refractivity contribution in [1.82, 2.24) is 0 Å². The van der Waals surface area contributed by atoms with Crippen molar-refractivity contribution in [3.63, 3.8) is 0 Å². The molecule has 0 aliphatic carbocycles. The Labute approximate surface area is 65.0 Å². The van der Waals surface area contributed by atoms with Gasteiger partial charge in [-0.25, -0.2) is 4.99 Å². The van der Waals surface area contributed by atoms with Gasteiger partial charge in [0, 0.05) is 6.21 Å². The molecule has 4 heteroatoms. The van der Waals surface area contributed by atoms with Crippen molar-refractivity contribution in [1.29, 1.82) is 0 Å². The van der Waals surface area contributed by atoms with E-state index in [4.69, 9.17) is 4.74 Å². The molecule has 0 bridgehead atoms. The highest BCUT2D eigenvalue weighted by molar-refractivity contribution is 5.86. The van der Waals surface area contributed by atoms with Crippen LogP contribution < -0.4 is 0 Å². The lowest BCUT2D eigenvalue weighted by atomic mass is 10.2. The third-order valence-electron chi connectivity index (χ3n) is 1.26. The molecule has 0 N–H and O–H groups in total. The molecule has 0 radical (unpaired) electrons. The Morgan fingerprint density at radius 3 is 3.09 bits per heavy atom. The minimum atomic E-state index is -0.219. The number of nitrogens with zero attached hydrogens (tertiary/aromatic N) is 2. The Hall–Kier alpha value is -1.19. The molecular weight excluding hydrogens is 144 g/mol. The molecular formula is C7H10N2O2. The van der Waals surface area contributed by atoms with Crippen molar-refractivity contribution in [2.45, 2.75) is 19.4 Å². The third kappa shape index (κ3) is 2.49. The third-order valence-corrected chi connectivity index (χ3v) is 1.26. The zero-order valence-corrected chi connectivity index (χ0v) is 6.36. The Bertz CT molecular complexity index is 187. The summed E-state index contributed by atoms with van der Waals surface area (Å²) >= 11 is 0. The van der Waals surface area contributed by atoms with Crippen LogP contribution in [-0.4, -0.2) is 31.2 Å². The standard InChI is InChI=1S/C7H10N2O2/c1-2-11-7(10)3-6-4-8-5-9-6/h4-6H,2-3H2,1H3. The zero-order valence-electron chi connectivity index (χ0n) is 6.36. The summed E-state index contributed by atoms with van der Waals surface area (Å²) in [6.07, 6.45) is 3.38. The molecule has 0 aromatic heterocycles. The normalized spacial score (nSPS) is 20.6. The van der Waals surface area contributed by atoms with Crippen LogP contribution in [0.25, 0.3) is 0 Å². The molecule has 0 aromatic carbocycles. The largest absolute Gasteiger partial charge is 0.466 e. The first-order valence-corrected chi connectivity index (χ1v) is 3.53. The Morgan fingerprint density at radius 1 is 1.73 bits per heavy atom. The van der Waals surface area contributed by atoms with Crippen LogP contribution >= 0.6 is 0 Å². The molecule has 1 unspecified atom stereocenters. The van der Waals surface area contributed by atoms with Crippen LogP contribution in [-0.2, 0) is 9.53 Å². The summed E-state index contributed by atoms with van der Waals surface area (Å²) in [5.74, 6) is -0.219. The maximum atomic E-state index is 10.8. The van der Waals surface area contributed by atoms with Gasteiger partial charge >= 0.3 is 5.97 Å². The summed E-state index contributed by atoms with van der Waals surface area (Å²) in [5.41, 5.74) is 0. The van der Waals surface area contributed by atoms with E-state index in [0.29, 0.717) is 13.0 Å². The molecule has 0 amide bonds. The van der Waals surface area contributed by atoms with Crippen LogP contribution in [0.5, 0.6) is 0 Å². The predicted octanol–water partition coefficient (Wildman–Crippen LogP) is 0.421. The van der Waals surface area contributed by atoms with Crippen molar-refractivity contribution >= 4 is 18.5 Å². The molecule has 0 saturated heterocycles. The summed E-state index contributed by atoms with van der Waals surface area (Å²) in [5, 5.41) is 0. The fourth-order valence-electron chi connectivity index (χ4n) is 0.797. The van der Waals surface area contributed by atoms with Crippen LogP contribution in [0.3, 0.4) is 0 Å². The number of carbonyl (C=O) groups is 1. The van der Waals surface area contributed by atoms with Gasteiger partial charge in [0.25, 0.3) is 0 Å². The molecule has 1 atom stereocenters. The molecule has 0 spiro atoms. The average molecular weight is 154 g/mol. The topological polar surface area (TPSA) is 51.0 Å². The minimum Gasteiger partial charge on any atom is -0.466 e. The Balaban J connectivity index is 2.25. The van der Waals surface area contributed by atoms with Gasteiger partial charge in [-0.1, -0.05) is 0 Å². The van der Waals surface area contributed by atoms with Crippen molar-refractivity contribution in [3.8, 4) is 0 Å². The molecule has 60 valence electrons. The monoisotopic (exact) mass is 154 g/mol. The number of esters is 1. The van der Waals surface area contributed by atoms with Gasteiger partial charge in [0.1, 0.15) is 6.34 Å². The molecule has 0 saturated carbocycles. The Kier molecular flexibility index (Phi) is 2.77. The fraction of sp³-hybridized carbons (Fsp3) is 0.571. The van der Waals surface area contributed by atoms with Crippen molar-refractivity contribution in [2.75, 3.05) is 6.61 Å². The lowest BCUT2D eigenvalue weighted by Crippen LogP contribution is -2.13. The van der Waals surface area contributed by atoms with Gasteiger partial charge in [-0.05, 0) is 6.92 Å². The predicted molar refractivity (Wildman–Crippen MR) is 42.0 cm³/mol. The molecule has 4 nitrogen and oxygen atoms in total. The van der Waals surface area contributed by atoms with Gasteiger partial charge in [-0.3, -0.25) is 9.79 Å². The second-order valence-electron chi connectivity index (χ2n) is 2.14. The summed E-state index contributed by atoms with van der Waals surface area (Å²) in [6.45, 7) is 2.20. The van der Waals surface area contributed by atoms with E-state index >= 15 is 0 Å². The summed E-state index contributed by atoms with van der Waals surface area (Å²) < 4.78 is 4.73. The van der Waals surface area contributed by atoms with Gasteiger partial charge in [-0.15, -0.1) is 0 Å². The van der Waals surface area contributed by atoms with E-state index in [2.05, 4.69) is 9.98 Å². The van der Waals surface area contributed by atoms with E-state index < -0.39 is 0 Å². The lowest BCUT2D eigenvalue weighted by molar-refractivity contribution is -0.143. The number of rotatable bonds is 3. The molecule has 0 aromatic rings. The first-order valence-electron chi connectivity index (χ1n) is 3.53. The highest BCUT2D eigenvalue weighted by Gasteiger charge is 2.12. The second kappa shape index (κ2) is 3.85. The highest BCUT2D eigenvalue weighted by atomic mass is 16.5. The van der Waals surface area contributed by atoms with Gasteiger partial charge < -0.3 is 4.74 Å². The van der Waals surface area contributed by atoms with E-state index in [1.54, 1.807) is 13.1 Å². The average Bonchev–Trinajstić information content (AvgIpc) is 2.40. The van der Waals surface area contributed by atoms with Gasteiger partial charge in [0.2, 0.25) is 0 Å². The van der Waals surface area contributed by atoms with Crippen LogP contribution in [0.15, 0.2) is 9.98 Å². The maximum Gasteiger partial charge on any atom is 0.308 e. The smallest absolute Gasteiger partial charge is 0.308 e. The molecule has 1 rings (SSSR count). The zero-order chi connectivity index (χ0) is 8.10. The van der Waals surface area contributed by atoms with Gasteiger partial charge in [0.05, 0.1) is 19.1 Å². The van der Waals surface area contributed by atoms with Crippen molar-refractivity contribution in [3.05, 3.63) is 0 Å². The molecule has 11 heavy (non-hydrogen) atoms. The summed E-state index contributed by atoms with van der Waals surface area (Å²) in [6, 6.07) is -0.103. The van der Waals surface area contributed by atoms with Crippen LogP contribution in [0.4, 0.5) is 0 Å². The number of carbonyl (C=O) groups excluding carboxylic acids is 1. The van der Waals surface area contributed by atoms with E-state index in [1.165, 1.54) is 6.34 Å². The number of aliphatic imine (C=N–C) groups is 2. The lowest BCUT2D eigenvalue weighted by Gasteiger charge is -2.02. The second-order valence-corrected chi connectivity index (χ2v) is 2.14. The number of hydrogen-bond donors (Lipinski definition) is 0. The van der Waals surface area contributed by atoms with E-state index in [0.717, 1.165) is 0 Å². The van der Waals surface area contributed by atoms with Crippen LogP contribution in [0.2, 0.25) is 0 Å². The van der Waals surface area contributed by atoms with Crippen LogP contribution in [0.1, 0.15) is 13.3 Å². The first-order chi connectivity index (χ1) is 5.33. The van der Waals surface area contributed by atoms with Crippen LogP contribution in [0, 0.1) is 0 Å². The minimum absolute atomic E-state index is 0.103. The summed E-state index contributed by atoms with van der Waals surface area (Å²) in [7, 11) is 0. The van der Waals surface area contributed by atoms with Crippen molar-refractivity contribution in [2.24, 2.45) is 9.98 Å². The summed E-state index contributed by atoms with van der Waals surface area (Å²) in [4.78, 5) is 18.5. The van der Waals surface area contributed by atoms with E-state index in [-0.39, 0.29) is 12.0 Å². The van der Waals surface area contributed by atoms with Gasteiger partial charge in [0.15, 0.2) is 0 Å². The Morgan fingerprint density at radius 2 is 2.55 bits per heavy atom. The number of hydrogen-bond acceptors (Lipinski definition) is 4. The first kappa shape index (κ1) is 7.91. The maximum absolute atomic E-state index is 10.8. The molecule has 1 heterocycles. The molecule has 1 aliphatic rings. The number of ether oxygens (including phenoxy) is 1. The highest BCUT2D eigenvalue weighted by Crippen LogP contribution is 2.00. The molecule has 1 aliphatic heterocycles. The SMILES string of the molecule is CCOC(=O)CC1C=NC=N1.